The topological polar surface area (TPSA) is 62.3 Å². The van der Waals surface area contributed by atoms with Crippen molar-refractivity contribution in [3.63, 3.8) is 0 Å². The van der Waals surface area contributed by atoms with Crippen molar-refractivity contribution in [3.8, 4) is 17.1 Å². The van der Waals surface area contributed by atoms with E-state index < -0.39 is 5.97 Å². The predicted octanol–water partition coefficient (Wildman–Crippen LogP) is 4.51. The SMILES string of the molecule is CCOC(=O)c1c(O)[nH]c(-c2ccc(Cl)cc2)c(CC)c1=S. The van der Waals surface area contributed by atoms with Crippen LogP contribution in [0.25, 0.3) is 11.3 Å². The zero-order valence-electron chi connectivity index (χ0n) is 12.3. The fourth-order valence-corrected chi connectivity index (χ4v) is 2.77. The van der Waals surface area contributed by atoms with Crippen molar-refractivity contribution in [1.29, 1.82) is 0 Å². The summed E-state index contributed by atoms with van der Waals surface area (Å²) >= 11 is 11.3. The number of aromatic amines is 1. The summed E-state index contributed by atoms with van der Waals surface area (Å²) in [6.07, 6.45) is 0.611. The van der Waals surface area contributed by atoms with E-state index in [1.165, 1.54) is 0 Å². The average Bonchev–Trinajstić information content (AvgIpc) is 2.48. The highest BCUT2D eigenvalue weighted by Gasteiger charge is 2.20. The summed E-state index contributed by atoms with van der Waals surface area (Å²) in [5.74, 6) is -0.913. The summed E-state index contributed by atoms with van der Waals surface area (Å²) in [4.78, 5) is 14.8. The smallest absolute Gasteiger partial charge is 0.345 e. The van der Waals surface area contributed by atoms with E-state index in [9.17, 15) is 9.90 Å². The molecule has 1 heterocycles. The maximum Gasteiger partial charge on any atom is 0.345 e. The standard InChI is InChI=1S/C16H16ClNO3S/c1-3-11-13(9-5-7-10(17)8-6-9)18-15(19)12(14(11)22)16(20)21-4-2/h5-8H,3-4H2,1-2H3,(H2,18,19,22). The predicted molar refractivity (Wildman–Crippen MR) is 89.1 cm³/mol. The summed E-state index contributed by atoms with van der Waals surface area (Å²) in [6, 6.07) is 7.16. The number of hydrogen-bond donors (Lipinski definition) is 2. The first-order valence-corrected chi connectivity index (χ1v) is 7.69. The third-order valence-electron chi connectivity index (χ3n) is 3.25. The van der Waals surface area contributed by atoms with Crippen molar-refractivity contribution in [2.75, 3.05) is 6.61 Å². The number of rotatable bonds is 4. The van der Waals surface area contributed by atoms with E-state index >= 15 is 0 Å². The summed E-state index contributed by atoms with van der Waals surface area (Å²) in [7, 11) is 0. The highest BCUT2D eigenvalue weighted by atomic mass is 35.5. The van der Waals surface area contributed by atoms with Crippen molar-refractivity contribution in [2.24, 2.45) is 0 Å². The number of nitrogens with one attached hydrogen (secondary N) is 1. The minimum Gasteiger partial charge on any atom is -0.494 e. The molecule has 0 saturated carbocycles. The Morgan fingerprint density at radius 3 is 2.50 bits per heavy atom. The van der Waals surface area contributed by atoms with E-state index in [1.54, 1.807) is 19.1 Å². The number of carbonyl (C=O) groups is 1. The highest BCUT2D eigenvalue weighted by molar-refractivity contribution is 7.71. The van der Waals surface area contributed by atoms with Gasteiger partial charge < -0.3 is 14.8 Å². The van der Waals surface area contributed by atoms with Gasteiger partial charge in [-0.25, -0.2) is 4.79 Å². The van der Waals surface area contributed by atoms with Gasteiger partial charge in [0, 0.05) is 5.02 Å². The van der Waals surface area contributed by atoms with Crippen LogP contribution in [0.1, 0.15) is 29.8 Å². The number of H-pyrrole nitrogens is 1. The van der Waals surface area contributed by atoms with Crippen LogP contribution in [0.15, 0.2) is 24.3 Å². The van der Waals surface area contributed by atoms with Crippen molar-refractivity contribution >= 4 is 29.8 Å². The van der Waals surface area contributed by atoms with Crippen LogP contribution in [-0.2, 0) is 11.2 Å². The molecule has 0 atom stereocenters. The number of benzene rings is 1. The van der Waals surface area contributed by atoms with Gasteiger partial charge in [-0.05, 0) is 36.6 Å². The molecule has 0 fully saturated rings. The van der Waals surface area contributed by atoms with Crippen LogP contribution in [-0.4, -0.2) is 22.7 Å². The molecule has 0 bridgehead atoms. The van der Waals surface area contributed by atoms with E-state index in [1.807, 2.05) is 19.1 Å². The quantitative estimate of drug-likeness (QED) is 0.636. The van der Waals surface area contributed by atoms with Crippen LogP contribution in [0.2, 0.25) is 5.02 Å². The summed E-state index contributed by atoms with van der Waals surface area (Å²) in [5.41, 5.74) is 2.29. The van der Waals surface area contributed by atoms with Crippen LogP contribution in [0, 0.1) is 4.51 Å². The van der Waals surface area contributed by atoms with Gasteiger partial charge in [0.2, 0.25) is 5.88 Å². The number of pyridine rings is 1. The fourth-order valence-electron chi connectivity index (χ4n) is 2.22. The first-order chi connectivity index (χ1) is 10.5. The molecule has 22 heavy (non-hydrogen) atoms. The Kier molecular flexibility index (Phi) is 5.21. The van der Waals surface area contributed by atoms with Crippen LogP contribution in [0.5, 0.6) is 5.88 Å². The lowest BCUT2D eigenvalue weighted by molar-refractivity contribution is 0.0521. The second-order valence-electron chi connectivity index (χ2n) is 4.61. The molecule has 0 saturated heterocycles. The second-order valence-corrected chi connectivity index (χ2v) is 5.46. The van der Waals surface area contributed by atoms with E-state index in [0.29, 0.717) is 21.6 Å². The number of carbonyl (C=O) groups excluding carboxylic acids is 1. The van der Waals surface area contributed by atoms with Crippen molar-refractivity contribution in [3.05, 3.63) is 44.9 Å². The van der Waals surface area contributed by atoms with E-state index in [0.717, 1.165) is 11.1 Å². The van der Waals surface area contributed by atoms with Gasteiger partial charge in [-0.1, -0.05) is 42.9 Å². The van der Waals surface area contributed by atoms with E-state index in [-0.39, 0.29) is 18.1 Å². The molecule has 2 aromatic rings. The van der Waals surface area contributed by atoms with Crippen LogP contribution in [0.4, 0.5) is 0 Å². The first kappa shape index (κ1) is 16.5. The Morgan fingerprint density at radius 1 is 1.32 bits per heavy atom. The molecule has 0 aliphatic carbocycles. The third-order valence-corrected chi connectivity index (χ3v) is 3.95. The molecule has 0 spiro atoms. The van der Waals surface area contributed by atoms with Gasteiger partial charge in [0.05, 0.1) is 16.8 Å². The molecule has 2 N–H and O–H groups in total. The Hall–Kier alpha value is -1.85. The average molecular weight is 338 g/mol. The molecule has 0 amide bonds. The first-order valence-electron chi connectivity index (χ1n) is 6.90. The van der Waals surface area contributed by atoms with Gasteiger partial charge in [0.25, 0.3) is 0 Å². The molecule has 2 rings (SSSR count). The molecule has 4 nitrogen and oxygen atoms in total. The van der Waals surface area contributed by atoms with E-state index in [2.05, 4.69) is 4.98 Å². The monoisotopic (exact) mass is 337 g/mol. The van der Waals surface area contributed by atoms with Crippen LogP contribution in [0.3, 0.4) is 0 Å². The summed E-state index contributed by atoms with van der Waals surface area (Å²) in [6.45, 7) is 3.85. The number of esters is 1. The van der Waals surface area contributed by atoms with Crippen LogP contribution >= 0.6 is 23.8 Å². The molecule has 116 valence electrons. The molecule has 0 aliphatic heterocycles. The molecule has 1 aromatic heterocycles. The molecule has 6 heteroatoms. The third kappa shape index (κ3) is 3.15. The van der Waals surface area contributed by atoms with Crippen LogP contribution < -0.4 is 0 Å². The van der Waals surface area contributed by atoms with E-state index in [4.69, 9.17) is 28.6 Å². The van der Waals surface area contributed by atoms with Crippen molar-refractivity contribution < 1.29 is 14.6 Å². The maximum atomic E-state index is 12.0. The highest BCUT2D eigenvalue weighted by Crippen LogP contribution is 2.30. The lowest BCUT2D eigenvalue weighted by atomic mass is 10.0. The summed E-state index contributed by atoms with van der Waals surface area (Å²) < 4.78 is 5.25. The van der Waals surface area contributed by atoms with Gasteiger partial charge >= 0.3 is 5.97 Å². The van der Waals surface area contributed by atoms with Crippen molar-refractivity contribution in [2.45, 2.75) is 20.3 Å². The molecule has 0 aliphatic rings. The Balaban J connectivity index is 2.65. The van der Waals surface area contributed by atoms with Crippen molar-refractivity contribution in [1.82, 2.24) is 4.98 Å². The lowest BCUT2D eigenvalue weighted by Crippen LogP contribution is -2.09. The molecule has 1 aromatic carbocycles. The normalized spacial score (nSPS) is 10.5. The largest absolute Gasteiger partial charge is 0.494 e. The Morgan fingerprint density at radius 2 is 1.95 bits per heavy atom. The van der Waals surface area contributed by atoms with Gasteiger partial charge in [-0.15, -0.1) is 0 Å². The zero-order valence-corrected chi connectivity index (χ0v) is 13.8. The summed E-state index contributed by atoms with van der Waals surface area (Å²) in [5, 5.41) is 10.8. The zero-order chi connectivity index (χ0) is 16.3. The minimum atomic E-state index is -0.626. The lowest BCUT2D eigenvalue weighted by Gasteiger charge is -2.13. The number of hydrogen-bond acceptors (Lipinski definition) is 4. The molecular weight excluding hydrogens is 322 g/mol. The van der Waals surface area contributed by atoms with Gasteiger partial charge in [-0.3, -0.25) is 0 Å². The number of aromatic hydroxyl groups is 1. The molecule has 0 radical (unpaired) electrons. The van der Waals surface area contributed by atoms with Gasteiger partial charge in [0.15, 0.2) is 0 Å². The van der Waals surface area contributed by atoms with Gasteiger partial charge in [-0.2, -0.15) is 0 Å². The Labute approximate surface area is 138 Å². The molecule has 0 unspecified atom stereocenters. The number of halogens is 1. The minimum absolute atomic E-state index is 0.00594. The Bertz CT molecular complexity index is 753. The molecular formula is C16H16ClNO3S. The number of aromatic nitrogens is 1. The fraction of sp³-hybridized carbons (Fsp3) is 0.250. The maximum absolute atomic E-state index is 12.0. The second kappa shape index (κ2) is 6.94. The van der Waals surface area contributed by atoms with Gasteiger partial charge in [0.1, 0.15) is 5.56 Å². The number of ether oxygens (including phenoxy) is 1.